The van der Waals surface area contributed by atoms with E-state index in [0.717, 1.165) is 23.5 Å². The van der Waals surface area contributed by atoms with Crippen LogP contribution in [0.25, 0.3) is 0 Å². The maximum absolute atomic E-state index is 11.1. The molecule has 6 heteroatoms. The van der Waals surface area contributed by atoms with Crippen molar-refractivity contribution in [2.24, 2.45) is 0 Å². The Hall–Kier alpha value is -0.170. The summed E-state index contributed by atoms with van der Waals surface area (Å²) in [7, 11) is -0.867. The van der Waals surface area contributed by atoms with Crippen molar-refractivity contribution in [1.29, 1.82) is 10.5 Å². The lowest BCUT2D eigenvalue weighted by Crippen LogP contribution is -2.05. The predicted octanol–water partition coefficient (Wildman–Crippen LogP) is 1.16. The lowest BCUT2D eigenvalue weighted by molar-refractivity contribution is 0.685. The highest BCUT2D eigenvalue weighted by Crippen LogP contribution is 2.00. The van der Waals surface area contributed by atoms with Gasteiger partial charge in [0, 0.05) is 33.8 Å². The number of rotatable bonds is 6. The predicted molar refractivity (Wildman–Crippen MR) is 54.0 cm³/mol. The number of nitriles is 2. The number of hydrogen-bond donors (Lipinski definition) is 0. The Morgan fingerprint density at radius 2 is 1.50 bits per heavy atom. The van der Waals surface area contributed by atoms with Gasteiger partial charge >= 0.3 is 0 Å². The van der Waals surface area contributed by atoms with Crippen LogP contribution in [0.4, 0.5) is 0 Å². The third-order valence-corrected chi connectivity index (χ3v) is 3.87. The van der Waals surface area contributed by atoms with E-state index in [9.17, 15) is 4.21 Å². The summed E-state index contributed by atoms with van der Waals surface area (Å²) in [6.45, 7) is 0. The Morgan fingerprint density at radius 3 is 1.83 bits per heavy atom. The van der Waals surface area contributed by atoms with Gasteiger partial charge in [-0.3, -0.25) is 4.21 Å². The molecule has 0 aliphatic heterocycles. The van der Waals surface area contributed by atoms with E-state index in [-0.39, 0.29) is 0 Å². The van der Waals surface area contributed by atoms with Crippen molar-refractivity contribution in [3.8, 4) is 10.8 Å². The van der Waals surface area contributed by atoms with E-state index < -0.39 is 10.8 Å². The van der Waals surface area contributed by atoms with Gasteiger partial charge in [-0.25, -0.2) is 0 Å². The third kappa shape index (κ3) is 7.93. The van der Waals surface area contributed by atoms with Crippen LogP contribution < -0.4 is 0 Å². The van der Waals surface area contributed by atoms with E-state index in [1.54, 1.807) is 0 Å². The molecule has 0 aromatic rings. The number of thioether (sulfide) groups is 2. The molecule has 0 aliphatic carbocycles. The Bertz CT molecular complexity index is 196. The van der Waals surface area contributed by atoms with Crippen molar-refractivity contribution < 1.29 is 4.21 Å². The van der Waals surface area contributed by atoms with Crippen molar-refractivity contribution in [3.63, 3.8) is 0 Å². The molecule has 3 nitrogen and oxygen atoms in total. The summed E-state index contributed by atoms with van der Waals surface area (Å²) in [4.78, 5) is 0. The average molecular weight is 220 g/mol. The van der Waals surface area contributed by atoms with E-state index in [4.69, 9.17) is 10.5 Å². The summed E-state index contributed by atoms with van der Waals surface area (Å²) in [6.07, 6.45) is 0. The van der Waals surface area contributed by atoms with E-state index in [1.807, 2.05) is 10.8 Å². The van der Waals surface area contributed by atoms with Crippen molar-refractivity contribution in [3.05, 3.63) is 0 Å². The van der Waals surface area contributed by atoms with Gasteiger partial charge in [0.25, 0.3) is 0 Å². The Balaban J connectivity index is 3.24. The third-order valence-electron chi connectivity index (χ3n) is 0.955. The highest BCUT2D eigenvalue weighted by molar-refractivity contribution is 8.05. The van der Waals surface area contributed by atoms with Gasteiger partial charge in [-0.05, 0) is 23.5 Å². The molecule has 0 rings (SSSR count). The summed E-state index contributed by atoms with van der Waals surface area (Å²) in [5, 5.41) is 20.2. The fourth-order valence-corrected chi connectivity index (χ4v) is 3.00. The summed E-state index contributed by atoms with van der Waals surface area (Å²) < 4.78 is 11.1. The first-order chi connectivity index (χ1) is 5.81. The zero-order valence-electron chi connectivity index (χ0n) is 6.36. The zero-order valence-corrected chi connectivity index (χ0v) is 8.81. The van der Waals surface area contributed by atoms with E-state index in [1.165, 1.54) is 0 Å². The maximum Gasteiger partial charge on any atom is 0.133 e. The van der Waals surface area contributed by atoms with Crippen LogP contribution in [0, 0.1) is 21.3 Å². The van der Waals surface area contributed by atoms with Gasteiger partial charge in [-0.15, -0.1) is 0 Å². The summed E-state index contributed by atoms with van der Waals surface area (Å²) in [6, 6.07) is 0. The summed E-state index contributed by atoms with van der Waals surface area (Å²) in [5.41, 5.74) is 0. The van der Waals surface area contributed by atoms with Gasteiger partial charge < -0.3 is 0 Å². The second-order valence-corrected chi connectivity index (χ2v) is 5.18. The number of hydrogen-bond acceptors (Lipinski definition) is 5. The highest BCUT2D eigenvalue weighted by Gasteiger charge is 1.99. The smallest absolute Gasteiger partial charge is 0.133 e. The molecule has 0 spiro atoms. The molecule has 0 saturated carbocycles. The van der Waals surface area contributed by atoms with Crippen LogP contribution >= 0.6 is 23.5 Å². The first-order valence-corrected chi connectivity index (χ1v) is 6.64. The van der Waals surface area contributed by atoms with Crippen molar-refractivity contribution in [2.45, 2.75) is 0 Å². The molecule has 0 amide bonds. The molecular weight excluding hydrogens is 212 g/mol. The van der Waals surface area contributed by atoms with Crippen molar-refractivity contribution in [1.82, 2.24) is 0 Å². The molecule has 66 valence electrons. The molecule has 0 fully saturated rings. The second-order valence-electron chi connectivity index (χ2n) is 1.73. The molecule has 0 aliphatic rings. The Labute approximate surface area is 83.0 Å². The molecule has 0 heterocycles. The van der Waals surface area contributed by atoms with Gasteiger partial charge in [0.15, 0.2) is 0 Å². The fourth-order valence-electron chi connectivity index (χ4n) is 0.463. The summed E-state index contributed by atoms with van der Waals surface area (Å²) in [5.74, 6) is 2.31. The minimum atomic E-state index is -0.867. The van der Waals surface area contributed by atoms with Gasteiger partial charge in [0.1, 0.15) is 10.8 Å². The zero-order chi connectivity index (χ0) is 9.23. The molecular formula is C6H8N2OS3. The topological polar surface area (TPSA) is 64.7 Å². The van der Waals surface area contributed by atoms with E-state index in [0.29, 0.717) is 23.0 Å². The van der Waals surface area contributed by atoms with Crippen LogP contribution in [0.5, 0.6) is 0 Å². The molecule has 0 aromatic heterocycles. The van der Waals surface area contributed by atoms with Crippen molar-refractivity contribution >= 4 is 34.3 Å². The van der Waals surface area contributed by atoms with Crippen LogP contribution in [0.2, 0.25) is 0 Å². The molecule has 0 aromatic carbocycles. The quantitative estimate of drug-likeness (QED) is 0.496. The minimum Gasteiger partial charge on any atom is -0.260 e. The van der Waals surface area contributed by atoms with Crippen LogP contribution in [0.3, 0.4) is 0 Å². The molecule has 0 atom stereocenters. The standard InChI is InChI=1S/C6H8N2OS3/c7-5-10-1-3-12(9)4-2-11-6-8/h1-4H2. The monoisotopic (exact) mass is 220 g/mol. The normalized spacial score (nSPS) is 9.25. The van der Waals surface area contributed by atoms with Gasteiger partial charge in [-0.1, -0.05) is 0 Å². The van der Waals surface area contributed by atoms with Crippen LogP contribution in [0.15, 0.2) is 0 Å². The lowest BCUT2D eigenvalue weighted by Gasteiger charge is -1.95. The van der Waals surface area contributed by atoms with Gasteiger partial charge in [0.05, 0.1) is 0 Å². The van der Waals surface area contributed by atoms with Crippen LogP contribution in [-0.4, -0.2) is 27.2 Å². The van der Waals surface area contributed by atoms with E-state index >= 15 is 0 Å². The lowest BCUT2D eigenvalue weighted by atomic mass is 10.9. The van der Waals surface area contributed by atoms with Crippen LogP contribution in [0.1, 0.15) is 0 Å². The Kier molecular flexibility index (Phi) is 8.80. The largest absolute Gasteiger partial charge is 0.260 e. The maximum atomic E-state index is 11.1. The average Bonchev–Trinajstić information content (AvgIpc) is 2.06. The van der Waals surface area contributed by atoms with Crippen LogP contribution in [-0.2, 0) is 10.8 Å². The summed E-state index contributed by atoms with van der Waals surface area (Å²) >= 11 is 2.23. The molecule has 0 saturated heterocycles. The highest BCUT2D eigenvalue weighted by atomic mass is 32.2. The molecule has 12 heavy (non-hydrogen) atoms. The first-order valence-electron chi connectivity index (χ1n) is 3.18. The molecule has 0 bridgehead atoms. The van der Waals surface area contributed by atoms with Crippen molar-refractivity contribution in [2.75, 3.05) is 23.0 Å². The first kappa shape index (κ1) is 11.8. The van der Waals surface area contributed by atoms with Gasteiger partial charge in [-0.2, -0.15) is 10.5 Å². The molecule has 0 unspecified atom stereocenters. The number of thiocyanates is 2. The second kappa shape index (κ2) is 8.92. The molecule has 0 N–H and O–H groups in total. The number of nitrogens with zero attached hydrogens (tertiary/aromatic N) is 2. The SMILES string of the molecule is N#CSCCS(=O)CCSC#N. The minimum absolute atomic E-state index is 0.546. The van der Waals surface area contributed by atoms with E-state index in [2.05, 4.69) is 0 Å². The Morgan fingerprint density at radius 1 is 1.08 bits per heavy atom. The fraction of sp³-hybridized carbons (Fsp3) is 0.667. The van der Waals surface area contributed by atoms with Gasteiger partial charge in [0.2, 0.25) is 0 Å². The molecule has 0 radical (unpaired) electrons.